The van der Waals surface area contributed by atoms with E-state index < -0.39 is 0 Å². The topological polar surface area (TPSA) is 86.7 Å². The van der Waals surface area contributed by atoms with Crippen molar-refractivity contribution in [3.63, 3.8) is 0 Å². The fourth-order valence-electron chi connectivity index (χ4n) is 4.29. The summed E-state index contributed by atoms with van der Waals surface area (Å²) in [7, 11) is 0. The maximum atomic E-state index is 13.7. The molecule has 3 aromatic heterocycles. The molecule has 0 bridgehead atoms. The van der Waals surface area contributed by atoms with E-state index in [4.69, 9.17) is 17.3 Å². The van der Waals surface area contributed by atoms with Crippen molar-refractivity contribution in [3.8, 4) is 16.8 Å². The third-order valence-electron chi connectivity index (χ3n) is 5.90. The van der Waals surface area contributed by atoms with Crippen molar-refractivity contribution in [1.29, 1.82) is 0 Å². The van der Waals surface area contributed by atoms with Crippen LogP contribution >= 0.6 is 11.6 Å². The van der Waals surface area contributed by atoms with Crippen molar-refractivity contribution in [2.45, 2.75) is 19.3 Å². The predicted molar refractivity (Wildman–Crippen MR) is 136 cm³/mol. The molecule has 5 aromatic rings. The molecule has 7 heteroatoms. The Hall–Kier alpha value is -4.03. The van der Waals surface area contributed by atoms with Crippen LogP contribution in [0.2, 0.25) is 5.02 Å². The van der Waals surface area contributed by atoms with Gasteiger partial charge in [0.2, 0.25) is 5.95 Å². The van der Waals surface area contributed by atoms with Crippen molar-refractivity contribution in [2.75, 3.05) is 5.73 Å². The highest BCUT2D eigenvalue weighted by atomic mass is 35.5. The first kappa shape index (κ1) is 21.8. The first-order valence-corrected chi connectivity index (χ1v) is 11.3. The van der Waals surface area contributed by atoms with E-state index >= 15 is 0 Å². The Kier molecular flexibility index (Phi) is 5.82. The summed E-state index contributed by atoms with van der Waals surface area (Å²) in [5.41, 5.74) is 10.0. The lowest BCUT2D eigenvalue weighted by Crippen LogP contribution is -2.24. The number of fused-ring (bicyclic) bond motifs is 1. The smallest absolute Gasteiger partial charge is 0.264 e. The van der Waals surface area contributed by atoms with Crippen LogP contribution in [0.3, 0.4) is 0 Å². The minimum Gasteiger partial charge on any atom is -0.368 e. The summed E-state index contributed by atoms with van der Waals surface area (Å²) in [6, 6.07) is 21.0. The van der Waals surface area contributed by atoms with Crippen molar-refractivity contribution in [2.24, 2.45) is 0 Å². The van der Waals surface area contributed by atoms with Crippen LogP contribution in [-0.4, -0.2) is 19.5 Å². The summed E-state index contributed by atoms with van der Waals surface area (Å²) in [6.07, 6.45) is 5.78. The van der Waals surface area contributed by atoms with Crippen LogP contribution in [0.1, 0.15) is 24.2 Å². The number of aromatic nitrogens is 4. The molecule has 0 aliphatic carbocycles. The van der Waals surface area contributed by atoms with E-state index in [1.807, 2.05) is 60.7 Å². The average Bonchev–Trinajstić information content (AvgIpc) is 2.85. The minimum atomic E-state index is -0.147. The van der Waals surface area contributed by atoms with Gasteiger partial charge in [0.15, 0.2) is 0 Å². The highest BCUT2D eigenvalue weighted by Gasteiger charge is 2.20. The quantitative estimate of drug-likeness (QED) is 0.372. The third kappa shape index (κ3) is 4.04. The van der Waals surface area contributed by atoms with Crippen LogP contribution in [0.4, 0.5) is 5.95 Å². The zero-order chi connectivity index (χ0) is 23.7. The molecule has 0 spiro atoms. The first-order valence-electron chi connectivity index (χ1n) is 10.9. The van der Waals surface area contributed by atoms with E-state index in [0.717, 1.165) is 33.6 Å². The van der Waals surface area contributed by atoms with Gasteiger partial charge in [0.05, 0.1) is 16.1 Å². The summed E-state index contributed by atoms with van der Waals surface area (Å²) in [6.45, 7) is 2.08. The van der Waals surface area contributed by atoms with Gasteiger partial charge >= 0.3 is 0 Å². The number of nitrogens with zero attached hydrogens (tertiary/aromatic N) is 4. The molecule has 3 heterocycles. The van der Waals surface area contributed by atoms with E-state index in [0.29, 0.717) is 16.8 Å². The second-order valence-corrected chi connectivity index (χ2v) is 8.59. The lowest BCUT2D eigenvalue weighted by atomic mass is 9.94. The summed E-state index contributed by atoms with van der Waals surface area (Å²) < 4.78 is 1.74. The van der Waals surface area contributed by atoms with Gasteiger partial charge in [0.25, 0.3) is 5.56 Å². The van der Waals surface area contributed by atoms with Gasteiger partial charge in [0.1, 0.15) is 0 Å². The molecule has 2 aromatic carbocycles. The number of anilines is 1. The fourth-order valence-corrected chi connectivity index (χ4v) is 4.55. The lowest BCUT2D eigenvalue weighted by molar-refractivity contribution is 0.685. The molecule has 1 atom stereocenters. The molecule has 168 valence electrons. The summed E-state index contributed by atoms with van der Waals surface area (Å²) >= 11 is 6.44. The molecule has 0 unspecified atom stereocenters. The van der Waals surface area contributed by atoms with Crippen LogP contribution in [0.25, 0.3) is 27.6 Å². The highest BCUT2D eigenvalue weighted by Crippen LogP contribution is 2.30. The Balaban J connectivity index is 1.68. The summed E-state index contributed by atoms with van der Waals surface area (Å²) in [4.78, 5) is 26.7. The number of pyridine rings is 2. The number of benzene rings is 2. The standard InChI is InChI=1S/C27H22ClN5O/c1-17(13-23-21(16-31-27(29)32-23)19-8-6-12-30-15-19)24-14-18-7-5-11-22(28)25(18)26(34)33(24)20-9-3-2-4-10-20/h2-12,14-17H,13H2,1H3,(H2,29,31,32)/t17-/m1/s1. The Morgan fingerprint density at radius 1 is 1.03 bits per heavy atom. The Morgan fingerprint density at radius 2 is 1.85 bits per heavy atom. The molecule has 2 N–H and O–H groups in total. The maximum absolute atomic E-state index is 13.7. The highest BCUT2D eigenvalue weighted by molar-refractivity contribution is 6.35. The SMILES string of the molecule is C[C@H](Cc1nc(N)ncc1-c1cccnc1)c1cc2cccc(Cl)c2c(=O)n1-c1ccccc1. The number of hydrogen-bond acceptors (Lipinski definition) is 5. The van der Waals surface area contributed by atoms with Crippen molar-refractivity contribution >= 4 is 28.3 Å². The van der Waals surface area contributed by atoms with E-state index in [1.54, 1.807) is 29.2 Å². The second-order valence-electron chi connectivity index (χ2n) is 8.18. The molecule has 5 rings (SSSR count). The van der Waals surface area contributed by atoms with Gasteiger partial charge in [-0.3, -0.25) is 14.3 Å². The zero-order valence-corrected chi connectivity index (χ0v) is 19.3. The summed E-state index contributed by atoms with van der Waals surface area (Å²) in [5.74, 6) is 0.140. The normalized spacial score (nSPS) is 12.1. The van der Waals surface area contributed by atoms with Gasteiger partial charge in [-0.15, -0.1) is 0 Å². The molecular weight excluding hydrogens is 446 g/mol. The number of nitrogen functional groups attached to an aromatic ring is 1. The van der Waals surface area contributed by atoms with E-state index in [9.17, 15) is 4.79 Å². The van der Waals surface area contributed by atoms with Crippen LogP contribution in [-0.2, 0) is 6.42 Å². The molecule has 0 saturated carbocycles. The van der Waals surface area contributed by atoms with Gasteiger partial charge in [-0.1, -0.05) is 54.9 Å². The minimum absolute atomic E-state index is 0.0685. The van der Waals surface area contributed by atoms with Gasteiger partial charge < -0.3 is 5.73 Å². The largest absolute Gasteiger partial charge is 0.368 e. The molecule has 34 heavy (non-hydrogen) atoms. The Bertz CT molecular complexity index is 1530. The second kappa shape index (κ2) is 9.08. The monoisotopic (exact) mass is 467 g/mol. The molecule has 0 aliphatic heterocycles. The van der Waals surface area contributed by atoms with E-state index in [-0.39, 0.29) is 17.4 Å². The molecule has 0 amide bonds. The number of hydrogen-bond donors (Lipinski definition) is 1. The summed E-state index contributed by atoms with van der Waals surface area (Å²) in [5, 5.41) is 1.75. The van der Waals surface area contributed by atoms with Gasteiger partial charge in [-0.2, -0.15) is 0 Å². The average molecular weight is 468 g/mol. The number of rotatable bonds is 5. The third-order valence-corrected chi connectivity index (χ3v) is 6.22. The van der Waals surface area contributed by atoms with Crippen molar-refractivity contribution in [3.05, 3.63) is 112 Å². The maximum Gasteiger partial charge on any atom is 0.264 e. The molecule has 0 fully saturated rings. The Morgan fingerprint density at radius 3 is 2.62 bits per heavy atom. The van der Waals surface area contributed by atoms with Gasteiger partial charge in [0, 0.05) is 47.0 Å². The van der Waals surface area contributed by atoms with E-state index in [2.05, 4.69) is 21.9 Å². The van der Waals surface area contributed by atoms with Gasteiger partial charge in [-0.25, -0.2) is 9.97 Å². The van der Waals surface area contributed by atoms with Crippen molar-refractivity contribution in [1.82, 2.24) is 19.5 Å². The van der Waals surface area contributed by atoms with Crippen LogP contribution in [0.5, 0.6) is 0 Å². The van der Waals surface area contributed by atoms with Crippen molar-refractivity contribution < 1.29 is 0 Å². The molecule has 0 saturated heterocycles. The van der Waals surface area contributed by atoms with Crippen LogP contribution in [0, 0.1) is 0 Å². The molecule has 0 radical (unpaired) electrons. The molecular formula is C27H22ClN5O. The van der Waals surface area contributed by atoms with Crippen LogP contribution in [0.15, 0.2) is 90.1 Å². The Labute approximate surface area is 201 Å². The predicted octanol–water partition coefficient (Wildman–Crippen LogP) is 5.42. The number of halogens is 1. The first-order chi connectivity index (χ1) is 16.5. The number of para-hydroxylation sites is 1. The molecule has 6 nitrogen and oxygen atoms in total. The van der Waals surface area contributed by atoms with Crippen LogP contribution < -0.4 is 11.3 Å². The molecule has 0 aliphatic rings. The zero-order valence-electron chi connectivity index (χ0n) is 18.5. The number of nitrogens with two attached hydrogens (primary N) is 1. The lowest BCUT2D eigenvalue weighted by Gasteiger charge is -2.21. The van der Waals surface area contributed by atoms with Gasteiger partial charge in [-0.05, 0) is 42.1 Å². The fraction of sp³-hybridized carbons (Fsp3) is 0.111. The van der Waals surface area contributed by atoms with E-state index in [1.165, 1.54) is 0 Å².